The lowest BCUT2D eigenvalue weighted by Crippen LogP contribution is -2.56. The Morgan fingerprint density at radius 1 is 1.23 bits per heavy atom. The van der Waals surface area contributed by atoms with Crippen LogP contribution in [0.1, 0.15) is 18.9 Å². The Labute approximate surface area is 150 Å². The van der Waals surface area contributed by atoms with Crippen LogP contribution >= 0.6 is 0 Å². The zero-order chi connectivity index (χ0) is 19.8. The van der Waals surface area contributed by atoms with Gasteiger partial charge in [0.05, 0.1) is 6.26 Å². The zero-order valence-electron chi connectivity index (χ0n) is 13.5. The minimum absolute atomic E-state index is 0.225. The lowest BCUT2D eigenvalue weighted by molar-refractivity contribution is -0.117. The number of amides is 1. The SMILES string of the molecule is CC(=O)NS(=O)(=O)C1(S(N)(=O)=O)C=C(c2ccccc2)C(=O)C(=CO)C1. The van der Waals surface area contributed by atoms with Gasteiger partial charge in [-0.2, -0.15) is 0 Å². The fourth-order valence-corrected chi connectivity index (χ4v) is 5.73. The summed E-state index contributed by atoms with van der Waals surface area (Å²) in [6.45, 7) is 0.882. The van der Waals surface area contributed by atoms with E-state index in [-0.39, 0.29) is 11.1 Å². The number of Topliss-reactive ketones (excluding diaryl/α,β-unsaturated/α-hetero) is 1. The number of ketones is 1. The van der Waals surface area contributed by atoms with Crippen molar-refractivity contribution in [2.75, 3.05) is 0 Å². The van der Waals surface area contributed by atoms with Gasteiger partial charge in [0.25, 0.3) is 10.0 Å². The first-order valence-corrected chi connectivity index (χ1v) is 10.2. The standard InChI is InChI=1S/C15H16N2O7S2/c1-10(19)17-26(23,24)15(25(16,21)22)7-12(9-18)14(20)13(8-15)11-5-3-2-4-6-11/h2-6,8-9,18H,7H2,1H3,(H,17,19)(H2,16,21,22). The minimum atomic E-state index is -4.90. The lowest BCUT2D eigenvalue weighted by atomic mass is 9.88. The molecule has 26 heavy (non-hydrogen) atoms. The first-order chi connectivity index (χ1) is 11.9. The highest BCUT2D eigenvalue weighted by Crippen LogP contribution is 2.40. The molecule has 11 heteroatoms. The molecule has 0 radical (unpaired) electrons. The van der Waals surface area contributed by atoms with Gasteiger partial charge in [-0.25, -0.2) is 22.0 Å². The monoisotopic (exact) mass is 400 g/mol. The first kappa shape index (κ1) is 19.8. The maximum absolute atomic E-state index is 12.7. The van der Waals surface area contributed by atoms with Crippen LogP contribution in [0.15, 0.2) is 48.2 Å². The van der Waals surface area contributed by atoms with Crippen molar-refractivity contribution < 1.29 is 31.5 Å². The number of aliphatic hydroxyl groups excluding tert-OH is 1. The Morgan fingerprint density at radius 2 is 1.81 bits per heavy atom. The van der Waals surface area contributed by atoms with Gasteiger partial charge in [-0.3, -0.25) is 14.3 Å². The van der Waals surface area contributed by atoms with E-state index in [1.165, 1.54) is 12.1 Å². The largest absolute Gasteiger partial charge is 0.515 e. The molecule has 1 aliphatic rings. The maximum atomic E-state index is 12.7. The lowest BCUT2D eigenvalue weighted by Gasteiger charge is -2.32. The van der Waals surface area contributed by atoms with Crippen molar-refractivity contribution in [2.45, 2.75) is 17.4 Å². The van der Waals surface area contributed by atoms with Gasteiger partial charge in [-0.1, -0.05) is 30.3 Å². The minimum Gasteiger partial charge on any atom is -0.515 e. The normalized spacial score (nSPS) is 22.8. The molecule has 2 rings (SSSR count). The number of hydrogen-bond acceptors (Lipinski definition) is 7. The maximum Gasteiger partial charge on any atom is 0.260 e. The number of benzene rings is 1. The van der Waals surface area contributed by atoms with Crippen molar-refractivity contribution in [1.82, 2.24) is 4.72 Å². The summed E-state index contributed by atoms with van der Waals surface area (Å²) in [5.41, 5.74) is -0.531. The van der Waals surface area contributed by atoms with Crippen LogP contribution in [-0.4, -0.2) is 37.7 Å². The quantitative estimate of drug-likeness (QED) is 0.471. The average molecular weight is 400 g/mol. The van der Waals surface area contributed by atoms with Crippen LogP contribution in [0.5, 0.6) is 0 Å². The third-order valence-electron chi connectivity index (χ3n) is 3.79. The molecule has 0 bridgehead atoms. The number of nitrogens with one attached hydrogen (secondary N) is 1. The molecule has 140 valence electrons. The van der Waals surface area contributed by atoms with Crippen LogP contribution in [-0.2, 0) is 29.6 Å². The van der Waals surface area contributed by atoms with Crippen LogP contribution < -0.4 is 9.86 Å². The Morgan fingerprint density at radius 3 is 2.27 bits per heavy atom. The number of aliphatic hydroxyl groups is 1. The summed E-state index contributed by atoms with van der Waals surface area (Å²) in [7, 11) is -9.78. The molecule has 1 aromatic carbocycles. The molecule has 1 aromatic rings. The van der Waals surface area contributed by atoms with Crippen molar-refractivity contribution >= 4 is 37.3 Å². The smallest absolute Gasteiger partial charge is 0.260 e. The second-order valence-electron chi connectivity index (χ2n) is 5.60. The Hall–Kier alpha value is -2.50. The molecule has 9 nitrogen and oxygen atoms in total. The highest BCUT2D eigenvalue weighted by molar-refractivity contribution is 8.09. The van der Waals surface area contributed by atoms with Gasteiger partial charge < -0.3 is 5.11 Å². The van der Waals surface area contributed by atoms with Crippen LogP contribution in [0.4, 0.5) is 0 Å². The molecule has 0 aliphatic heterocycles. The summed E-state index contributed by atoms with van der Waals surface area (Å²) >= 11 is 0. The Balaban J connectivity index is 2.90. The number of carbonyl (C=O) groups is 2. The number of rotatable bonds is 4. The molecule has 1 aliphatic carbocycles. The van der Waals surface area contributed by atoms with Crippen LogP contribution in [0, 0.1) is 0 Å². The molecule has 0 spiro atoms. The van der Waals surface area contributed by atoms with E-state index in [1.54, 1.807) is 22.9 Å². The number of hydrogen-bond donors (Lipinski definition) is 3. The van der Waals surface area contributed by atoms with Crippen molar-refractivity contribution in [3.63, 3.8) is 0 Å². The van der Waals surface area contributed by atoms with Gasteiger partial charge >= 0.3 is 0 Å². The van der Waals surface area contributed by atoms with E-state index in [9.17, 15) is 31.5 Å². The van der Waals surface area contributed by atoms with E-state index in [4.69, 9.17) is 5.14 Å². The van der Waals surface area contributed by atoms with E-state index < -0.39 is 47.8 Å². The highest BCUT2D eigenvalue weighted by Gasteiger charge is 2.56. The average Bonchev–Trinajstić information content (AvgIpc) is 2.53. The number of allylic oxidation sites excluding steroid dienone is 2. The predicted octanol–water partition coefficient (Wildman–Crippen LogP) is -0.0646. The summed E-state index contributed by atoms with van der Waals surface area (Å²) in [6.07, 6.45) is 0.0971. The molecule has 0 saturated heterocycles. The van der Waals surface area contributed by atoms with Gasteiger partial charge in [0.2, 0.25) is 20.0 Å². The summed E-state index contributed by atoms with van der Waals surface area (Å²) in [5, 5.41) is 14.5. The molecule has 1 atom stereocenters. The third-order valence-corrected chi connectivity index (χ3v) is 8.10. The first-order valence-electron chi connectivity index (χ1n) is 7.17. The third kappa shape index (κ3) is 3.28. The van der Waals surface area contributed by atoms with Crippen molar-refractivity contribution in [1.29, 1.82) is 0 Å². The summed E-state index contributed by atoms with van der Waals surface area (Å²) in [6, 6.07) is 7.68. The van der Waals surface area contributed by atoms with Gasteiger partial charge in [-0.05, 0) is 11.6 Å². The van der Waals surface area contributed by atoms with Gasteiger partial charge in [0, 0.05) is 24.5 Å². The Bertz CT molecular complexity index is 1030. The molecular weight excluding hydrogens is 384 g/mol. The second-order valence-corrected chi connectivity index (χ2v) is 9.62. The van der Waals surface area contributed by atoms with E-state index in [1.807, 2.05) is 0 Å². The molecule has 0 aromatic heterocycles. The van der Waals surface area contributed by atoms with Crippen LogP contribution in [0.25, 0.3) is 5.57 Å². The number of nitrogens with two attached hydrogens (primary N) is 1. The van der Waals surface area contributed by atoms with Crippen molar-refractivity contribution in [3.8, 4) is 0 Å². The van der Waals surface area contributed by atoms with E-state index in [0.29, 0.717) is 12.3 Å². The summed E-state index contributed by atoms with van der Waals surface area (Å²) in [5.74, 6) is -1.79. The molecular formula is C15H16N2O7S2. The number of carbonyl (C=O) groups excluding carboxylic acids is 2. The zero-order valence-corrected chi connectivity index (χ0v) is 15.2. The predicted molar refractivity (Wildman–Crippen MR) is 93.3 cm³/mol. The number of primary sulfonamides is 1. The Kier molecular flexibility index (Phi) is 5.08. The van der Waals surface area contributed by atoms with Gasteiger partial charge in [0.1, 0.15) is 0 Å². The number of sulfonamides is 2. The van der Waals surface area contributed by atoms with Crippen LogP contribution in [0.2, 0.25) is 0 Å². The highest BCUT2D eigenvalue weighted by atomic mass is 32.3. The molecule has 4 N–H and O–H groups in total. The fraction of sp³-hybridized carbons (Fsp3) is 0.200. The molecule has 1 amide bonds. The molecule has 1 unspecified atom stereocenters. The van der Waals surface area contributed by atoms with E-state index >= 15 is 0 Å². The van der Waals surface area contributed by atoms with E-state index in [0.717, 1.165) is 6.92 Å². The summed E-state index contributed by atoms with van der Waals surface area (Å²) < 4.78 is 48.6. The molecule has 0 heterocycles. The topological polar surface area (TPSA) is 161 Å². The van der Waals surface area contributed by atoms with Crippen molar-refractivity contribution in [3.05, 3.63) is 53.8 Å². The van der Waals surface area contributed by atoms with Crippen LogP contribution in [0.3, 0.4) is 0 Å². The molecule has 0 saturated carbocycles. The summed E-state index contributed by atoms with van der Waals surface area (Å²) in [4.78, 5) is 23.8. The van der Waals surface area contributed by atoms with Gasteiger partial charge in [0.15, 0.2) is 5.78 Å². The second kappa shape index (κ2) is 6.67. The molecule has 0 fully saturated rings. The van der Waals surface area contributed by atoms with E-state index in [2.05, 4.69) is 0 Å². The fourth-order valence-electron chi connectivity index (χ4n) is 2.58. The van der Waals surface area contributed by atoms with Crippen molar-refractivity contribution in [2.24, 2.45) is 5.14 Å². The van der Waals surface area contributed by atoms with Gasteiger partial charge in [-0.15, -0.1) is 0 Å².